The minimum absolute atomic E-state index is 0.422. The van der Waals surface area contributed by atoms with Gasteiger partial charge in [0.05, 0.1) is 24.0 Å². The molecule has 1 heterocycles. The molecule has 1 fully saturated rings. The molecule has 1 unspecified atom stereocenters. The smallest absolute Gasteiger partial charge is 0.237 e. The molecule has 1 atom stereocenters. The van der Waals surface area contributed by atoms with Crippen LogP contribution in [0.1, 0.15) is 19.8 Å². The lowest BCUT2D eigenvalue weighted by molar-refractivity contribution is -0.122. The van der Waals surface area contributed by atoms with E-state index in [1.807, 2.05) is 11.8 Å². The van der Waals surface area contributed by atoms with E-state index in [9.17, 15) is 4.79 Å². The molecule has 0 aliphatic carbocycles. The summed E-state index contributed by atoms with van der Waals surface area (Å²) in [5.41, 5.74) is 10.0. The average molecular weight is 218 g/mol. The fourth-order valence-electron chi connectivity index (χ4n) is 1.12. The first-order valence-electron chi connectivity index (χ1n) is 4.80. The molecule has 0 aromatic heterocycles. The standard InChI is InChI=1S/C9H18N2O2S/c1-9(11,8(10)12)3-2-4-14-7-5-13-6-7/h7H,2-6,11H2,1H3,(H2,10,12). The Morgan fingerprint density at radius 2 is 2.29 bits per heavy atom. The van der Waals surface area contributed by atoms with Crippen LogP contribution in [0.5, 0.6) is 0 Å². The Labute approximate surface area is 88.7 Å². The summed E-state index contributed by atoms with van der Waals surface area (Å²) in [5, 5.41) is 0.646. The molecule has 4 nitrogen and oxygen atoms in total. The summed E-state index contributed by atoms with van der Waals surface area (Å²) in [6.45, 7) is 3.41. The van der Waals surface area contributed by atoms with Crippen molar-refractivity contribution in [2.45, 2.75) is 30.6 Å². The topological polar surface area (TPSA) is 78.3 Å². The highest BCUT2D eigenvalue weighted by atomic mass is 32.2. The van der Waals surface area contributed by atoms with Crippen molar-refractivity contribution in [2.75, 3.05) is 19.0 Å². The second kappa shape index (κ2) is 5.00. The summed E-state index contributed by atoms with van der Waals surface area (Å²) in [7, 11) is 0. The summed E-state index contributed by atoms with van der Waals surface area (Å²) in [5.74, 6) is 0.600. The average Bonchev–Trinajstić information content (AvgIpc) is 2.00. The molecular weight excluding hydrogens is 200 g/mol. The minimum atomic E-state index is -0.851. The Morgan fingerprint density at radius 3 is 2.71 bits per heavy atom. The number of carbonyl (C=O) groups is 1. The number of hydrogen-bond acceptors (Lipinski definition) is 4. The molecule has 14 heavy (non-hydrogen) atoms. The number of ether oxygens (including phenoxy) is 1. The van der Waals surface area contributed by atoms with E-state index in [2.05, 4.69) is 0 Å². The van der Waals surface area contributed by atoms with Gasteiger partial charge in [-0.05, 0) is 25.5 Å². The number of rotatable bonds is 6. The lowest BCUT2D eigenvalue weighted by Gasteiger charge is -2.26. The molecule has 82 valence electrons. The van der Waals surface area contributed by atoms with Crippen LogP contribution in [-0.4, -0.2) is 35.7 Å². The van der Waals surface area contributed by atoms with Gasteiger partial charge < -0.3 is 16.2 Å². The van der Waals surface area contributed by atoms with Gasteiger partial charge >= 0.3 is 0 Å². The molecule has 1 rings (SSSR count). The first-order valence-corrected chi connectivity index (χ1v) is 5.85. The zero-order valence-electron chi connectivity index (χ0n) is 8.49. The van der Waals surface area contributed by atoms with E-state index in [4.69, 9.17) is 16.2 Å². The van der Waals surface area contributed by atoms with Gasteiger partial charge in [0.15, 0.2) is 0 Å². The fraction of sp³-hybridized carbons (Fsp3) is 0.889. The van der Waals surface area contributed by atoms with Gasteiger partial charge in [-0.25, -0.2) is 0 Å². The van der Waals surface area contributed by atoms with Crippen molar-refractivity contribution in [2.24, 2.45) is 11.5 Å². The molecular formula is C9H18N2O2S. The maximum absolute atomic E-state index is 10.9. The molecule has 5 heteroatoms. The summed E-state index contributed by atoms with van der Waals surface area (Å²) in [4.78, 5) is 10.9. The summed E-state index contributed by atoms with van der Waals surface area (Å²) in [6, 6.07) is 0. The number of carbonyl (C=O) groups excluding carboxylic acids is 1. The highest BCUT2D eigenvalue weighted by molar-refractivity contribution is 8.00. The number of thioether (sulfide) groups is 1. The van der Waals surface area contributed by atoms with Crippen molar-refractivity contribution in [1.29, 1.82) is 0 Å². The Bertz CT molecular complexity index is 205. The Balaban J connectivity index is 2.04. The third-order valence-electron chi connectivity index (χ3n) is 2.36. The normalized spacial score (nSPS) is 21.3. The van der Waals surface area contributed by atoms with Crippen molar-refractivity contribution in [3.8, 4) is 0 Å². The maximum Gasteiger partial charge on any atom is 0.237 e. The zero-order valence-corrected chi connectivity index (χ0v) is 9.31. The van der Waals surface area contributed by atoms with Gasteiger partial charge in [0.1, 0.15) is 0 Å². The molecule has 0 bridgehead atoms. The fourth-order valence-corrected chi connectivity index (χ4v) is 2.15. The third kappa shape index (κ3) is 3.48. The van der Waals surface area contributed by atoms with Crippen molar-refractivity contribution in [3.63, 3.8) is 0 Å². The van der Waals surface area contributed by atoms with Crippen LogP contribution in [0.4, 0.5) is 0 Å². The number of hydrogen-bond donors (Lipinski definition) is 2. The Kier molecular flexibility index (Phi) is 4.22. The van der Waals surface area contributed by atoms with Gasteiger partial charge in [-0.3, -0.25) is 4.79 Å². The molecule has 1 amide bonds. The Morgan fingerprint density at radius 1 is 1.64 bits per heavy atom. The van der Waals surface area contributed by atoms with E-state index >= 15 is 0 Å². The maximum atomic E-state index is 10.9. The van der Waals surface area contributed by atoms with E-state index in [1.54, 1.807) is 6.92 Å². The van der Waals surface area contributed by atoms with Crippen LogP contribution < -0.4 is 11.5 Å². The van der Waals surface area contributed by atoms with Crippen molar-refractivity contribution < 1.29 is 9.53 Å². The highest BCUT2D eigenvalue weighted by Gasteiger charge is 2.25. The SMILES string of the molecule is CC(N)(CCCSC1COC1)C(N)=O. The molecule has 1 saturated heterocycles. The third-order valence-corrected chi connectivity index (χ3v) is 3.63. The predicted molar refractivity (Wildman–Crippen MR) is 58.1 cm³/mol. The van der Waals surface area contributed by atoms with Gasteiger partial charge in [0.25, 0.3) is 0 Å². The molecule has 1 aliphatic rings. The van der Waals surface area contributed by atoms with Gasteiger partial charge in [-0.1, -0.05) is 0 Å². The molecule has 0 radical (unpaired) electrons. The second-order valence-corrected chi connectivity index (χ2v) is 5.32. The monoisotopic (exact) mass is 218 g/mol. The number of amides is 1. The first kappa shape index (κ1) is 11.8. The predicted octanol–water partition coefficient (Wildman–Crippen LogP) is 0.101. The van der Waals surface area contributed by atoms with Crippen LogP contribution in [0, 0.1) is 0 Å². The van der Waals surface area contributed by atoms with Crippen molar-refractivity contribution in [1.82, 2.24) is 0 Å². The zero-order chi connectivity index (χ0) is 10.6. The van der Waals surface area contributed by atoms with Gasteiger partial charge in [0.2, 0.25) is 5.91 Å². The summed E-state index contributed by atoms with van der Waals surface area (Å²) >= 11 is 1.88. The second-order valence-electron chi connectivity index (χ2n) is 3.92. The van der Waals surface area contributed by atoms with E-state index in [0.717, 1.165) is 25.4 Å². The molecule has 0 aromatic rings. The van der Waals surface area contributed by atoms with E-state index in [1.165, 1.54) is 0 Å². The quantitative estimate of drug-likeness (QED) is 0.620. The first-order chi connectivity index (χ1) is 6.52. The van der Waals surface area contributed by atoms with E-state index in [0.29, 0.717) is 11.7 Å². The molecule has 0 saturated carbocycles. The van der Waals surface area contributed by atoms with Crippen molar-refractivity contribution in [3.05, 3.63) is 0 Å². The molecule has 1 aliphatic heterocycles. The van der Waals surface area contributed by atoms with Crippen LogP contribution in [0.2, 0.25) is 0 Å². The molecule has 4 N–H and O–H groups in total. The van der Waals surface area contributed by atoms with Crippen LogP contribution in [-0.2, 0) is 9.53 Å². The lowest BCUT2D eigenvalue weighted by atomic mass is 9.97. The van der Waals surface area contributed by atoms with Gasteiger partial charge in [0, 0.05) is 0 Å². The molecule has 0 aromatic carbocycles. The number of nitrogens with two attached hydrogens (primary N) is 2. The number of primary amides is 1. The minimum Gasteiger partial charge on any atom is -0.379 e. The Hall–Kier alpha value is -0.260. The van der Waals surface area contributed by atoms with Crippen molar-refractivity contribution >= 4 is 17.7 Å². The van der Waals surface area contributed by atoms with E-state index in [-0.39, 0.29) is 0 Å². The summed E-state index contributed by atoms with van der Waals surface area (Å²) in [6.07, 6.45) is 1.58. The largest absolute Gasteiger partial charge is 0.379 e. The van der Waals surface area contributed by atoms with E-state index < -0.39 is 11.4 Å². The van der Waals surface area contributed by atoms with Crippen LogP contribution in [0.25, 0.3) is 0 Å². The summed E-state index contributed by atoms with van der Waals surface area (Å²) < 4.78 is 5.05. The van der Waals surface area contributed by atoms with Gasteiger partial charge in [-0.15, -0.1) is 0 Å². The lowest BCUT2D eigenvalue weighted by Crippen LogP contribution is -2.49. The highest BCUT2D eigenvalue weighted by Crippen LogP contribution is 2.21. The van der Waals surface area contributed by atoms with Gasteiger partial charge in [-0.2, -0.15) is 11.8 Å². The van der Waals surface area contributed by atoms with Crippen LogP contribution in [0.3, 0.4) is 0 Å². The van der Waals surface area contributed by atoms with Crippen LogP contribution >= 0.6 is 11.8 Å². The van der Waals surface area contributed by atoms with Crippen LogP contribution in [0.15, 0.2) is 0 Å². The molecule has 0 spiro atoms.